The third kappa shape index (κ3) is 4.49. The van der Waals surface area contributed by atoms with Crippen LogP contribution in [-0.2, 0) is 12.8 Å². The van der Waals surface area contributed by atoms with Crippen molar-refractivity contribution in [3.05, 3.63) is 54.4 Å². The molecule has 7 heteroatoms. The van der Waals surface area contributed by atoms with Crippen LogP contribution in [0.4, 0.5) is 0 Å². The maximum Gasteiger partial charge on any atom is 0.201 e. The monoisotopic (exact) mass is 378 g/mol. The Morgan fingerprint density at radius 3 is 1.96 bits per heavy atom. The highest BCUT2D eigenvalue weighted by Crippen LogP contribution is 2.47. The molecule has 3 N–H and O–H groups in total. The SMILES string of the molecule is Oc1cc(SCCc2ccco2)c(SCCc2ccco2)c(O)c1O. The Morgan fingerprint density at radius 1 is 0.800 bits per heavy atom. The molecule has 0 saturated carbocycles. The zero-order chi connectivity index (χ0) is 17.6. The molecule has 0 bridgehead atoms. The van der Waals surface area contributed by atoms with Crippen LogP contribution in [-0.4, -0.2) is 26.8 Å². The van der Waals surface area contributed by atoms with Crippen LogP contribution < -0.4 is 0 Å². The van der Waals surface area contributed by atoms with Gasteiger partial charge in [-0.25, -0.2) is 0 Å². The first-order valence-corrected chi connectivity index (χ1v) is 9.70. The van der Waals surface area contributed by atoms with E-state index in [1.165, 1.54) is 29.6 Å². The smallest absolute Gasteiger partial charge is 0.201 e. The standard InChI is InChI=1S/C18H18O5S2/c19-14-11-15(24-9-5-12-3-1-7-22-12)18(17(21)16(14)20)25-10-6-13-4-2-8-23-13/h1-4,7-8,11,19-21H,5-6,9-10H2. The maximum absolute atomic E-state index is 10.2. The van der Waals surface area contributed by atoms with Crippen LogP contribution in [0.25, 0.3) is 0 Å². The van der Waals surface area contributed by atoms with E-state index in [9.17, 15) is 15.3 Å². The van der Waals surface area contributed by atoms with Gasteiger partial charge in [0.15, 0.2) is 11.5 Å². The quantitative estimate of drug-likeness (QED) is 0.388. The average molecular weight is 378 g/mol. The van der Waals surface area contributed by atoms with E-state index in [0.717, 1.165) is 28.6 Å². The molecule has 25 heavy (non-hydrogen) atoms. The van der Waals surface area contributed by atoms with Crippen LogP contribution in [0.2, 0.25) is 0 Å². The molecular formula is C18H18O5S2. The minimum atomic E-state index is -0.490. The van der Waals surface area contributed by atoms with Crippen molar-refractivity contribution in [3.63, 3.8) is 0 Å². The molecule has 0 spiro atoms. The molecule has 5 nitrogen and oxygen atoms in total. The van der Waals surface area contributed by atoms with Gasteiger partial charge in [-0.15, -0.1) is 23.5 Å². The first-order valence-electron chi connectivity index (χ1n) is 7.73. The van der Waals surface area contributed by atoms with E-state index in [0.29, 0.717) is 17.1 Å². The maximum atomic E-state index is 10.2. The Morgan fingerprint density at radius 2 is 1.40 bits per heavy atom. The molecule has 1 aromatic carbocycles. The van der Waals surface area contributed by atoms with Crippen molar-refractivity contribution in [2.45, 2.75) is 22.6 Å². The van der Waals surface area contributed by atoms with E-state index in [1.807, 2.05) is 24.3 Å². The number of aryl methyl sites for hydroxylation is 2. The number of hydrogen-bond acceptors (Lipinski definition) is 7. The van der Waals surface area contributed by atoms with E-state index < -0.39 is 5.75 Å². The molecule has 0 unspecified atom stereocenters. The third-order valence-electron chi connectivity index (χ3n) is 3.53. The molecule has 0 aliphatic carbocycles. The van der Waals surface area contributed by atoms with Crippen molar-refractivity contribution in [2.24, 2.45) is 0 Å². The first kappa shape index (κ1) is 17.7. The van der Waals surface area contributed by atoms with Gasteiger partial charge in [0.2, 0.25) is 5.75 Å². The largest absolute Gasteiger partial charge is 0.504 e. The number of benzene rings is 1. The van der Waals surface area contributed by atoms with E-state index >= 15 is 0 Å². The van der Waals surface area contributed by atoms with E-state index in [4.69, 9.17) is 8.83 Å². The average Bonchev–Trinajstić information content (AvgIpc) is 3.29. The summed E-state index contributed by atoms with van der Waals surface area (Å²) in [5.74, 6) is 2.04. The normalized spacial score (nSPS) is 11.0. The van der Waals surface area contributed by atoms with Crippen molar-refractivity contribution in [1.82, 2.24) is 0 Å². The molecule has 0 atom stereocenters. The summed E-state index contributed by atoms with van der Waals surface area (Å²) in [5.41, 5.74) is 0. The minimum absolute atomic E-state index is 0.287. The van der Waals surface area contributed by atoms with Crippen LogP contribution in [0, 0.1) is 0 Å². The van der Waals surface area contributed by atoms with Gasteiger partial charge in [-0.3, -0.25) is 0 Å². The Balaban J connectivity index is 1.68. The predicted octanol–water partition coefficient (Wildman–Crippen LogP) is 4.66. The van der Waals surface area contributed by atoms with Crippen LogP contribution in [0.5, 0.6) is 17.2 Å². The Kier molecular flexibility index (Phi) is 5.88. The van der Waals surface area contributed by atoms with Gasteiger partial charge in [-0.05, 0) is 30.3 Å². The molecule has 2 heterocycles. The Hall–Kier alpha value is -2.12. The third-order valence-corrected chi connectivity index (χ3v) is 5.82. The zero-order valence-electron chi connectivity index (χ0n) is 13.3. The lowest BCUT2D eigenvalue weighted by Crippen LogP contribution is -1.91. The lowest BCUT2D eigenvalue weighted by atomic mass is 10.3. The zero-order valence-corrected chi connectivity index (χ0v) is 15.0. The number of phenols is 3. The van der Waals surface area contributed by atoms with Gasteiger partial charge in [-0.1, -0.05) is 0 Å². The first-order chi connectivity index (χ1) is 12.1. The molecule has 0 amide bonds. The van der Waals surface area contributed by atoms with Gasteiger partial charge < -0.3 is 24.2 Å². The van der Waals surface area contributed by atoms with Gasteiger partial charge >= 0.3 is 0 Å². The number of aromatic hydroxyl groups is 3. The lowest BCUT2D eigenvalue weighted by molar-refractivity contribution is 0.359. The molecule has 0 radical (unpaired) electrons. The summed E-state index contributed by atoms with van der Waals surface area (Å²) < 4.78 is 10.6. The number of rotatable bonds is 8. The summed E-state index contributed by atoms with van der Waals surface area (Å²) in [6.45, 7) is 0. The van der Waals surface area contributed by atoms with E-state index in [-0.39, 0.29) is 11.5 Å². The molecule has 2 aromatic heterocycles. The number of phenolic OH excluding ortho intramolecular Hbond substituents is 3. The second kappa shape index (κ2) is 8.31. The van der Waals surface area contributed by atoms with Crippen molar-refractivity contribution in [2.75, 3.05) is 11.5 Å². The summed E-state index contributed by atoms with van der Waals surface area (Å²) in [7, 11) is 0. The van der Waals surface area contributed by atoms with Crippen molar-refractivity contribution < 1.29 is 24.2 Å². The number of thioether (sulfide) groups is 2. The van der Waals surface area contributed by atoms with Crippen LogP contribution in [0.3, 0.4) is 0 Å². The van der Waals surface area contributed by atoms with Crippen LogP contribution in [0.1, 0.15) is 11.5 Å². The highest BCUT2D eigenvalue weighted by molar-refractivity contribution is 8.02. The van der Waals surface area contributed by atoms with Gasteiger partial charge in [0.1, 0.15) is 11.5 Å². The van der Waals surface area contributed by atoms with Gasteiger partial charge in [-0.2, -0.15) is 0 Å². The van der Waals surface area contributed by atoms with Crippen molar-refractivity contribution in [3.8, 4) is 17.2 Å². The molecule has 0 saturated heterocycles. The fraction of sp³-hybridized carbons (Fsp3) is 0.222. The van der Waals surface area contributed by atoms with E-state index in [1.54, 1.807) is 12.5 Å². The summed E-state index contributed by atoms with van der Waals surface area (Å²) in [5, 5.41) is 29.8. The Labute approximate surface area is 153 Å². The van der Waals surface area contributed by atoms with Crippen LogP contribution >= 0.6 is 23.5 Å². The van der Waals surface area contributed by atoms with Crippen LogP contribution in [0.15, 0.2) is 61.5 Å². The summed E-state index contributed by atoms with van der Waals surface area (Å²) in [6, 6.07) is 8.96. The van der Waals surface area contributed by atoms with Gasteiger partial charge in [0.25, 0.3) is 0 Å². The highest BCUT2D eigenvalue weighted by Gasteiger charge is 2.18. The number of hydrogen-bond donors (Lipinski definition) is 3. The second-order valence-corrected chi connectivity index (χ2v) is 7.52. The highest BCUT2D eigenvalue weighted by atomic mass is 32.2. The second-order valence-electron chi connectivity index (χ2n) is 5.28. The summed E-state index contributed by atoms with van der Waals surface area (Å²) in [6.07, 6.45) is 4.69. The molecule has 0 fully saturated rings. The molecule has 3 rings (SSSR count). The van der Waals surface area contributed by atoms with Gasteiger partial charge in [0, 0.05) is 29.2 Å². The minimum Gasteiger partial charge on any atom is -0.504 e. The predicted molar refractivity (Wildman–Crippen MR) is 97.7 cm³/mol. The van der Waals surface area contributed by atoms with E-state index in [2.05, 4.69) is 0 Å². The summed E-state index contributed by atoms with van der Waals surface area (Å²) in [4.78, 5) is 1.29. The molecule has 3 aromatic rings. The van der Waals surface area contributed by atoms with Crippen molar-refractivity contribution in [1.29, 1.82) is 0 Å². The molecule has 132 valence electrons. The van der Waals surface area contributed by atoms with Crippen molar-refractivity contribution >= 4 is 23.5 Å². The molecular weight excluding hydrogens is 360 g/mol. The Bertz CT molecular complexity index is 797. The lowest BCUT2D eigenvalue weighted by Gasteiger charge is -2.13. The topological polar surface area (TPSA) is 87.0 Å². The fourth-order valence-electron chi connectivity index (χ4n) is 2.28. The fourth-order valence-corrected chi connectivity index (χ4v) is 4.52. The number of furan rings is 2. The summed E-state index contributed by atoms with van der Waals surface area (Å²) >= 11 is 2.91. The molecule has 0 aliphatic rings. The van der Waals surface area contributed by atoms with Gasteiger partial charge in [0.05, 0.1) is 17.4 Å². The molecule has 0 aliphatic heterocycles.